The third-order valence-electron chi connectivity index (χ3n) is 11.7. The van der Waals surface area contributed by atoms with Crippen molar-refractivity contribution in [1.29, 1.82) is 0 Å². The van der Waals surface area contributed by atoms with Crippen molar-refractivity contribution in [1.82, 2.24) is 5.32 Å². The van der Waals surface area contributed by atoms with Crippen molar-refractivity contribution in [3.05, 3.63) is 205 Å². The Kier molecular flexibility index (Phi) is 6.96. The number of para-hydroxylation sites is 1. The van der Waals surface area contributed by atoms with Crippen LogP contribution < -0.4 is 5.32 Å². The van der Waals surface area contributed by atoms with Gasteiger partial charge in [0.2, 0.25) is 0 Å². The van der Waals surface area contributed by atoms with Gasteiger partial charge in [-0.05, 0) is 95.8 Å². The van der Waals surface area contributed by atoms with E-state index in [-0.39, 0.29) is 0 Å². The fourth-order valence-electron chi connectivity index (χ4n) is 8.93. The maximum absolute atomic E-state index is 6.78. The molecule has 2 heterocycles. The molecule has 1 aromatic heterocycles. The van der Waals surface area contributed by atoms with Gasteiger partial charge >= 0.3 is 0 Å². The van der Waals surface area contributed by atoms with E-state index in [1.165, 1.54) is 48.5 Å². The minimum atomic E-state index is -0.418. The minimum absolute atomic E-state index is 0.418. The summed E-state index contributed by atoms with van der Waals surface area (Å²) < 4.78 is 6.78. The number of hydrogen-bond donors (Lipinski definition) is 1. The number of aliphatic imine (C=N–C) groups is 2. The van der Waals surface area contributed by atoms with Crippen LogP contribution in [0.3, 0.4) is 0 Å². The molecule has 11 aromatic rings. The Morgan fingerprint density at radius 1 is 0.421 bits per heavy atom. The second-order valence-electron chi connectivity index (χ2n) is 14.9. The molecule has 10 aromatic carbocycles. The minimum Gasteiger partial charge on any atom is -0.455 e. The smallest absolute Gasteiger partial charge is 0.160 e. The molecule has 4 nitrogen and oxygen atoms in total. The summed E-state index contributed by atoms with van der Waals surface area (Å²) in [6.07, 6.45) is -0.418. The lowest BCUT2D eigenvalue weighted by molar-refractivity contribution is 0.669. The number of nitrogens with zero attached hydrogens (tertiary/aromatic N) is 2. The first-order chi connectivity index (χ1) is 28.2. The Hall–Kier alpha value is -7.56. The zero-order valence-electron chi connectivity index (χ0n) is 30.8. The van der Waals surface area contributed by atoms with Gasteiger partial charge < -0.3 is 9.73 Å². The highest BCUT2D eigenvalue weighted by Crippen LogP contribution is 2.41. The summed E-state index contributed by atoms with van der Waals surface area (Å²) in [4.78, 5) is 10.9. The SMILES string of the molecule is c1ccc2cc(-c3ccc(C4=NC(c5cc6ccccc6c6ccccc56)NC(c5ccc6ccc7ccccc7c6c5)=N4)c4c3oc3ccccc34)ccc2c1. The molecule has 12 rings (SSSR count). The average molecular weight is 728 g/mol. The fraction of sp³-hybridized carbons (Fsp3) is 0.0189. The van der Waals surface area contributed by atoms with Crippen LogP contribution in [0.25, 0.3) is 86.9 Å². The van der Waals surface area contributed by atoms with Crippen molar-refractivity contribution >= 4 is 87.5 Å². The van der Waals surface area contributed by atoms with Crippen LogP contribution in [0.4, 0.5) is 0 Å². The molecule has 0 spiro atoms. The zero-order chi connectivity index (χ0) is 37.5. The van der Waals surface area contributed by atoms with Crippen LogP contribution >= 0.6 is 0 Å². The number of amidine groups is 2. The van der Waals surface area contributed by atoms with Crippen LogP contribution in [0.2, 0.25) is 0 Å². The highest BCUT2D eigenvalue weighted by Gasteiger charge is 2.26. The maximum atomic E-state index is 6.78. The van der Waals surface area contributed by atoms with Crippen molar-refractivity contribution in [2.75, 3.05) is 0 Å². The number of nitrogens with one attached hydrogen (secondary N) is 1. The molecule has 0 aliphatic carbocycles. The molecule has 1 N–H and O–H groups in total. The molecule has 0 radical (unpaired) electrons. The van der Waals surface area contributed by atoms with E-state index >= 15 is 0 Å². The highest BCUT2D eigenvalue weighted by atomic mass is 16.3. The van der Waals surface area contributed by atoms with Gasteiger partial charge in [0.05, 0.1) is 0 Å². The Labute approximate surface area is 328 Å². The monoisotopic (exact) mass is 727 g/mol. The number of fused-ring (bicyclic) bond motifs is 10. The molecule has 1 atom stereocenters. The van der Waals surface area contributed by atoms with E-state index in [2.05, 4.69) is 181 Å². The van der Waals surface area contributed by atoms with Crippen molar-refractivity contribution in [2.24, 2.45) is 9.98 Å². The number of benzene rings is 10. The summed E-state index contributed by atoms with van der Waals surface area (Å²) in [5.74, 6) is 1.43. The standard InChI is InChI=1S/C53H33N3O/c1-2-13-35-29-37(25-21-32(35)11-1)41-27-28-45(49-44-19-9-10-20-48(44)57-50(41)49)52-54-51(38-26-24-34-23-22-33-12-3-5-15-39(33)46(34)31-38)55-53(56-52)47-30-36-14-4-6-16-40(36)42-17-7-8-18-43(42)47/h1-31,53H,(H,54,55,56). The van der Waals surface area contributed by atoms with Crippen molar-refractivity contribution < 1.29 is 4.42 Å². The van der Waals surface area contributed by atoms with Crippen molar-refractivity contribution in [2.45, 2.75) is 6.17 Å². The molecule has 0 amide bonds. The largest absolute Gasteiger partial charge is 0.455 e. The summed E-state index contributed by atoms with van der Waals surface area (Å²) in [7, 11) is 0. The van der Waals surface area contributed by atoms with E-state index in [1.54, 1.807) is 0 Å². The van der Waals surface area contributed by atoms with E-state index < -0.39 is 6.17 Å². The van der Waals surface area contributed by atoms with Crippen LogP contribution in [0.5, 0.6) is 0 Å². The molecule has 0 bridgehead atoms. The maximum Gasteiger partial charge on any atom is 0.160 e. The van der Waals surface area contributed by atoms with Crippen LogP contribution in [0.1, 0.15) is 22.9 Å². The molecule has 57 heavy (non-hydrogen) atoms. The predicted molar refractivity (Wildman–Crippen MR) is 239 cm³/mol. The van der Waals surface area contributed by atoms with Gasteiger partial charge in [0.25, 0.3) is 0 Å². The molecule has 1 aliphatic heterocycles. The van der Waals surface area contributed by atoms with Crippen molar-refractivity contribution in [3.8, 4) is 11.1 Å². The van der Waals surface area contributed by atoms with Gasteiger partial charge in [0.15, 0.2) is 5.84 Å². The number of furan rings is 1. The Balaban J connectivity index is 1.11. The van der Waals surface area contributed by atoms with Gasteiger partial charge in [0.1, 0.15) is 23.2 Å². The fourth-order valence-corrected chi connectivity index (χ4v) is 8.93. The third kappa shape index (κ3) is 5.08. The summed E-state index contributed by atoms with van der Waals surface area (Å²) in [6, 6.07) is 66.9. The molecule has 1 unspecified atom stereocenters. The van der Waals surface area contributed by atoms with Crippen LogP contribution in [0.15, 0.2) is 202 Å². The van der Waals surface area contributed by atoms with E-state index in [1.807, 2.05) is 12.1 Å². The highest BCUT2D eigenvalue weighted by molar-refractivity contribution is 6.24. The first kappa shape index (κ1) is 31.8. The van der Waals surface area contributed by atoms with Gasteiger partial charge in [-0.1, -0.05) is 152 Å². The van der Waals surface area contributed by atoms with Gasteiger partial charge in [-0.15, -0.1) is 0 Å². The Morgan fingerprint density at radius 2 is 1.02 bits per heavy atom. The summed E-state index contributed by atoms with van der Waals surface area (Å²) >= 11 is 0. The van der Waals surface area contributed by atoms with Crippen molar-refractivity contribution in [3.63, 3.8) is 0 Å². The van der Waals surface area contributed by atoms with Crippen LogP contribution in [-0.4, -0.2) is 11.7 Å². The molecule has 266 valence electrons. The van der Waals surface area contributed by atoms with Gasteiger partial charge in [-0.3, -0.25) is 0 Å². The van der Waals surface area contributed by atoms with Gasteiger partial charge in [-0.2, -0.15) is 0 Å². The molecule has 0 fully saturated rings. The Bertz CT molecular complexity index is 3520. The Morgan fingerprint density at radius 3 is 1.86 bits per heavy atom. The molecular formula is C53H33N3O. The number of hydrogen-bond acceptors (Lipinski definition) is 4. The van der Waals surface area contributed by atoms with Gasteiger partial charge in [-0.25, -0.2) is 9.98 Å². The average Bonchev–Trinajstić information content (AvgIpc) is 3.68. The van der Waals surface area contributed by atoms with E-state index in [0.717, 1.165) is 61.0 Å². The quantitative estimate of drug-likeness (QED) is 0.184. The number of rotatable bonds is 4. The lowest BCUT2D eigenvalue weighted by atomic mass is 9.94. The van der Waals surface area contributed by atoms with Crippen LogP contribution in [0, 0.1) is 0 Å². The summed E-state index contributed by atoms with van der Waals surface area (Å²) in [5.41, 5.74) is 6.83. The first-order valence-corrected chi connectivity index (χ1v) is 19.4. The molecule has 1 aliphatic rings. The molecular weight excluding hydrogens is 695 g/mol. The molecule has 4 heteroatoms. The van der Waals surface area contributed by atoms with Crippen LogP contribution in [-0.2, 0) is 0 Å². The molecule has 0 saturated heterocycles. The lowest BCUT2D eigenvalue weighted by Gasteiger charge is -2.25. The first-order valence-electron chi connectivity index (χ1n) is 19.4. The van der Waals surface area contributed by atoms with E-state index in [4.69, 9.17) is 14.4 Å². The third-order valence-corrected chi connectivity index (χ3v) is 11.7. The topological polar surface area (TPSA) is 49.9 Å². The second kappa shape index (κ2) is 12.5. The van der Waals surface area contributed by atoms with E-state index in [9.17, 15) is 0 Å². The second-order valence-corrected chi connectivity index (χ2v) is 14.9. The zero-order valence-corrected chi connectivity index (χ0v) is 30.8. The summed E-state index contributed by atoms with van der Waals surface area (Å²) in [6.45, 7) is 0. The van der Waals surface area contributed by atoms with E-state index in [0.29, 0.717) is 5.84 Å². The predicted octanol–water partition coefficient (Wildman–Crippen LogP) is 13.5. The summed E-state index contributed by atoms with van der Waals surface area (Å²) in [5, 5.41) is 17.8. The normalized spacial score (nSPS) is 14.5. The molecule has 0 saturated carbocycles. The lowest BCUT2D eigenvalue weighted by Crippen LogP contribution is -2.33. The van der Waals surface area contributed by atoms with Gasteiger partial charge in [0, 0.05) is 33.0 Å².